The van der Waals surface area contributed by atoms with Crippen LogP contribution < -0.4 is 0 Å². The van der Waals surface area contributed by atoms with E-state index in [4.69, 9.17) is 0 Å². The van der Waals surface area contributed by atoms with Gasteiger partial charge in [-0.05, 0) is 49.1 Å². The highest BCUT2D eigenvalue weighted by Gasteiger charge is 2.30. The molecule has 1 aliphatic rings. The van der Waals surface area contributed by atoms with E-state index in [1.54, 1.807) is 29.3 Å². The highest BCUT2D eigenvalue weighted by Crippen LogP contribution is 2.28. The number of imidazole rings is 1. The summed E-state index contributed by atoms with van der Waals surface area (Å²) in [6.07, 6.45) is 6.83. The van der Waals surface area contributed by atoms with Gasteiger partial charge in [-0.2, -0.15) is 0 Å². The molecule has 1 atom stereocenters. The van der Waals surface area contributed by atoms with Gasteiger partial charge in [-0.15, -0.1) is 0 Å². The molecule has 1 unspecified atom stereocenters. The topological polar surface area (TPSA) is 81.3 Å². The molecule has 2 aromatic carbocycles. The van der Waals surface area contributed by atoms with E-state index in [0.29, 0.717) is 18.7 Å². The molecule has 1 saturated heterocycles. The molecule has 1 aromatic heterocycles. The molecule has 0 saturated carbocycles. The van der Waals surface area contributed by atoms with Gasteiger partial charge in [0.05, 0.1) is 11.3 Å². The summed E-state index contributed by atoms with van der Waals surface area (Å²) >= 11 is 0. The molecule has 0 aliphatic carbocycles. The van der Waals surface area contributed by atoms with Crippen LogP contribution in [0.5, 0.6) is 0 Å². The Morgan fingerprint density at radius 1 is 1.28 bits per heavy atom. The lowest BCUT2D eigenvalue weighted by atomic mass is 10.0. The van der Waals surface area contributed by atoms with Gasteiger partial charge in [0.2, 0.25) is 0 Å². The number of hydrogen-bond donors (Lipinski definition) is 0. The van der Waals surface area contributed by atoms with Crippen LogP contribution in [-0.4, -0.2) is 37.9 Å². The highest BCUT2D eigenvalue weighted by molar-refractivity contribution is 5.95. The summed E-state index contributed by atoms with van der Waals surface area (Å²) in [5.41, 5.74) is 1.29. The van der Waals surface area contributed by atoms with Gasteiger partial charge >= 0.3 is 0 Å². The number of nitro groups is 1. The van der Waals surface area contributed by atoms with E-state index in [2.05, 4.69) is 4.98 Å². The third kappa shape index (κ3) is 3.87. The maximum absolute atomic E-state index is 13.5. The second-order valence-electron chi connectivity index (χ2n) is 7.06. The Kier molecular flexibility index (Phi) is 5.07. The zero-order valence-electron chi connectivity index (χ0n) is 15.6. The molecular formula is C21H19FN4O3. The van der Waals surface area contributed by atoms with Crippen molar-refractivity contribution in [1.29, 1.82) is 0 Å². The summed E-state index contributed by atoms with van der Waals surface area (Å²) in [5, 5.41) is 11.6. The second kappa shape index (κ2) is 7.83. The van der Waals surface area contributed by atoms with Gasteiger partial charge in [-0.1, -0.05) is 12.1 Å². The molecule has 1 aliphatic heterocycles. The number of benzene rings is 2. The van der Waals surface area contributed by atoms with Crippen molar-refractivity contribution in [3.63, 3.8) is 0 Å². The normalized spacial score (nSPS) is 16.2. The van der Waals surface area contributed by atoms with Crippen molar-refractivity contribution >= 4 is 11.6 Å². The van der Waals surface area contributed by atoms with Crippen LogP contribution in [-0.2, 0) is 6.42 Å². The van der Waals surface area contributed by atoms with Crippen molar-refractivity contribution < 1.29 is 14.1 Å². The standard InChI is InChI=1S/C21H19FN4O3/c22-17-4-1-3-15(11-17)12-18-5-2-9-25(18)21(27)16-6-7-19(20(13-16)26(28)29)24-10-8-23-14-24/h1,3-4,6-8,10-11,13-14,18H,2,5,9,12H2. The molecule has 29 heavy (non-hydrogen) atoms. The van der Waals surface area contributed by atoms with Crippen LogP contribution in [0.3, 0.4) is 0 Å². The average Bonchev–Trinajstić information content (AvgIpc) is 3.39. The van der Waals surface area contributed by atoms with Gasteiger partial charge < -0.3 is 9.47 Å². The fraction of sp³-hybridized carbons (Fsp3) is 0.238. The maximum Gasteiger partial charge on any atom is 0.294 e. The van der Waals surface area contributed by atoms with Crippen molar-refractivity contribution in [2.24, 2.45) is 0 Å². The van der Waals surface area contributed by atoms with E-state index >= 15 is 0 Å². The third-order valence-corrected chi connectivity index (χ3v) is 5.20. The van der Waals surface area contributed by atoms with E-state index in [0.717, 1.165) is 18.4 Å². The molecule has 148 valence electrons. The van der Waals surface area contributed by atoms with Gasteiger partial charge in [0.25, 0.3) is 11.6 Å². The predicted octanol–water partition coefficient (Wildman–Crippen LogP) is 3.77. The largest absolute Gasteiger partial charge is 0.335 e. The van der Waals surface area contributed by atoms with E-state index in [-0.39, 0.29) is 29.0 Å². The monoisotopic (exact) mass is 394 g/mol. The van der Waals surface area contributed by atoms with Crippen LogP contribution in [0, 0.1) is 15.9 Å². The molecule has 3 aromatic rings. The first-order valence-corrected chi connectivity index (χ1v) is 9.35. The molecule has 7 nitrogen and oxygen atoms in total. The molecule has 4 rings (SSSR count). The Labute approximate surface area is 166 Å². The molecule has 1 fully saturated rings. The van der Waals surface area contributed by atoms with Crippen molar-refractivity contribution in [3.8, 4) is 5.69 Å². The minimum atomic E-state index is -0.500. The van der Waals surface area contributed by atoms with Gasteiger partial charge in [-0.3, -0.25) is 14.9 Å². The number of aromatic nitrogens is 2. The molecule has 0 spiro atoms. The van der Waals surface area contributed by atoms with Crippen LogP contribution in [0.15, 0.2) is 61.2 Å². The highest BCUT2D eigenvalue weighted by atomic mass is 19.1. The lowest BCUT2D eigenvalue weighted by Gasteiger charge is -2.25. The molecule has 8 heteroatoms. The van der Waals surface area contributed by atoms with E-state index in [1.165, 1.54) is 35.3 Å². The minimum absolute atomic E-state index is 0.0586. The van der Waals surface area contributed by atoms with Crippen LogP contribution in [0.25, 0.3) is 5.69 Å². The number of nitro benzene ring substituents is 1. The zero-order chi connectivity index (χ0) is 20.4. The van der Waals surface area contributed by atoms with E-state index in [1.807, 2.05) is 6.07 Å². The first kappa shape index (κ1) is 18.8. The fourth-order valence-corrected chi connectivity index (χ4v) is 3.84. The Morgan fingerprint density at radius 3 is 2.86 bits per heavy atom. The first-order valence-electron chi connectivity index (χ1n) is 9.35. The van der Waals surface area contributed by atoms with E-state index < -0.39 is 4.92 Å². The minimum Gasteiger partial charge on any atom is -0.335 e. The quantitative estimate of drug-likeness (QED) is 0.487. The summed E-state index contributed by atoms with van der Waals surface area (Å²) in [4.78, 5) is 29.8. The first-order chi connectivity index (χ1) is 14.0. The summed E-state index contributed by atoms with van der Waals surface area (Å²) in [7, 11) is 0. The van der Waals surface area contributed by atoms with Crippen molar-refractivity contribution in [2.45, 2.75) is 25.3 Å². The number of carbonyl (C=O) groups is 1. The van der Waals surface area contributed by atoms with Gasteiger partial charge in [-0.25, -0.2) is 9.37 Å². The molecule has 2 heterocycles. The van der Waals surface area contributed by atoms with Gasteiger partial charge in [0.1, 0.15) is 11.5 Å². The summed E-state index contributed by atoms with van der Waals surface area (Å²) in [6.45, 7) is 0.579. The maximum atomic E-state index is 13.5. The van der Waals surface area contributed by atoms with Gasteiger partial charge in [0, 0.05) is 36.6 Å². The number of likely N-dealkylation sites (tertiary alicyclic amines) is 1. The Balaban J connectivity index is 1.60. The second-order valence-corrected chi connectivity index (χ2v) is 7.06. The number of rotatable bonds is 5. The lowest BCUT2D eigenvalue weighted by molar-refractivity contribution is -0.384. The molecule has 0 bridgehead atoms. The third-order valence-electron chi connectivity index (χ3n) is 5.20. The number of hydrogen-bond acceptors (Lipinski definition) is 4. The molecule has 0 radical (unpaired) electrons. The fourth-order valence-electron chi connectivity index (χ4n) is 3.84. The number of halogens is 1. The number of amides is 1. The van der Waals surface area contributed by atoms with Crippen LogP contribution >= 0.6 is 0 Å². The van der Waals surface area contributed by atoms with Crippen LogP contribution in [0.4, 0.5) is 10.1 Å². The van der Waals surface area contributed by atoms with Crippen molar-refractivity contribution in [3.05, 3.63) is 88.2 Å². The lowest BCUT2D eigenvalue weighted by Crippen LogP contribution is -2.36. The Hall–Kier alpha value is -3.55. The molecule has 1 amide bonds. The van der Waals surface area contributed by atoms with Gasteiger partial charge in [0.15, 0.2) is 0 Å². The number of nitrogens with zero attached hydrogens (tertiary/aromatic N) is 4. The molecule has 0 N–H and O–H groups in total. The zero-order valence-corrected chi connectivity index (χ0v) is 15.6. The predicted molar refractivity (Wildman–Crippen MR) is 104 cm³/mol. The SMILES string of the molecule is O=C(c1ccc(-n2ccnc2)c([N+](=O)[O-])c1)N1CCCC1Cc1cccc(F)c1. The summed E-state index contributed by atoms with van der Waals surface area (Å²) < 4.78 is 15.0. The Morgan fingerprint density at radius 2 is 2.14 bits per heavy atom. The van der Waals surface area contributed by atoms with E-state index in [9.17, 15) is 19.3 Å². The summed E-state index contributed by atoms with van der Waals surface area (Å²) in [6, 6.07) is 10.8. The summed E-state index contributed by atoms with van der Waals surface area (Å²) in [5.74, 6) is -0.548. The number of carbonyl (C=O) groups excluding carboxylic acids is 1. The smallest absolute Gasteiger partial charge is 0.294 e. The van der Waals surface area contributed by atoms with Crippen LogP contribution in [0.1, 0.15) is 28.8 Å². The average molecular weight is 394 g/mol. The van der Waals surface area contributed by atoms with Crippen molar-refractivity contribution in [2.75, 3.05) is 6.54 Å². The van der Waals surface area contributed by atoms with Crippen molar-refractivity contribution in [1.82, 2.24) is 14.5 Å². The molecular weight excluding hydrogens is 375 g/mol. The van der Waals surface area contributed by atoms with Crippen LogP contribution in [0.2, 0.25) is 0 Å². The Bertz CT molecular complexity index is 1050.